The Balaban J connectivity index is 2.97. The summed E-state index contributed by atoms with van der Waals surface area (Å²) in [5.74, 6) is -1.14. The molecule has 0 atom stereocenters. The molecule has 0 amide bonds. The summed E-state index contributed by atoms with van der Waals surface area (Å²) in [5, 5.41) is 9.03. The minimum absolute atomic E-state index is 0.206. The quantitative estimate of drug-likeness (QED) is 0.710. The van der Waals surface area contributed by atoms with Gasteiger partial charge < -0.3 is 10.8 Å². The van der Waals surface area contributed by atoms with Gasteiger partial charge in [0.15, 0.2) is 0 Å². The molecule has 0 saturated carbocycles. The van der Waals surface area contributed by atoms with Crippen LogP contribution >= 0.6 is 11.6 Å². The molecule has 0 saturated heterocycles. The van der Waals surface area contributed by atoms with Crippen LogP contribution in [0, 0.1) is 0 Å². The van der Waals surface area contributed by atoms with Gasteiger partial charge in [0.1, 0.15) is 5.70 Å². The van der Waals surface area contributed by atoms with Gasteiger partial charge in [0.05, 0.1) is 0 Å². The molecule has 3 nitrogen and oxygen atoms in total. The zero-order chi connectivity index (χ0) is 9.84. The number of benzene rings is 1. The lowest BCUT2D eigenvalue weighted by atomic mass is 10.2. The Morgan fingerprint density at radius 1 is 1.54 bits per heavy atom. The lowest BCUT2D eigenvalue weighted by Gasteiger charge is -1.95. The highest BCUT2D eigenvalue weighted by atomic mass is 35.5. The van der Waals surface area contributed by atoms with Crippen molar-refractivity contribution in [3.63, 3.8) is 0 Å². The molecule has 68 valence electrons. The fourth-order valence-corrected chi connectivity index (χ4v) is 1.04. The summed E-state index contributed by atoms with van der Waals surface area (Å²) in [6.45, 7) is 0. The number of carbonyl (C=O) groups is 1. The van der Waals surface area contributed by atoms with Crippen LogP contribution in [-0.2, 0) is 4.79 Å². The molecule has 0 aromatic heterocycles. The predicted molar refractivity (Wildman–Crippen MR) is 51.3 cm³/mol. The molecular weight excluding hydrogens is 190 g/mol. The van der Waals surface area contributed by atoms with Crippen LogP contribution in [0.15, 0.2) is 30.0 Å². The molecule has 1 aromatic carbocycles. The van der Waals surface area contributed by atoms with Gasteiger partial charge in [-0.05, 0) is 23.8 Å². The zero-order valence-corrected chi connectivity index (χ0v) is 7.45. The predicted octanol–water partition coefficient (Wildman–Crippen LogP) is 1.72. The number of carboxylic acids is 1. The van der Waals surface area contributed by atoms with E-state index in [-0.39, 0.29) is 5.70 Å². The van der Waals surface area contributed by atoms with Crippen molar-refractivity contribution in [3.8, 4) is 0 Å². The Bertz CT molecular complexity index is 360. The van der Waals surface area contributed by atoms with E-state index in [1.165, 1.54) is 6.08 Å². The normalized spacial score (nSPS) is 11.3. The van der Waals surface area contributed by atoms with Crippen LogP contribution < -0.4 is 5.73 Å². The van der Waals surface area contributed by atoms with Gasteiger partial charge in [0.2, 0.25) is 0 Å². The molecule has 0 fully saturated rings. The Morgan fingerprint density at radius 2 is 2.23 bits per heavy atom. The van der Waals surface area contributed by atoms with Crippen molar-refractivity contribution in [2.45, 2.75) is 0 Å². The number of carboxylic acid groups (broad SMARTS) is 1. The first-order valence-electron chi connectivity index (χ1n) is 3.55. The third-order valence-corrected chi connectivity index (χ3v) is 1.65. The maximum Gasteiger partial charge on any atom is 0.351 e. The second-order valence-corrected chi connectivity index (χ2v) is 2.90. The lowest BCUT2D eigenvalue weighted by Crippen LogP contribution is -2.09. The molecular formula is C9H8ClNO2. The van der Waals surface area contributed by atoms with Crippen LogP contribution in [0.4, 0.5) is 0 Å². The summed E-state index contributed by atoms with van der Waals surface area (Å²) in [6, 6.07) is 6.79. The second kappa shape index (κ2) is 3.96. The summed E-state index contributed by atoms with van der Waals surface area (Å²) in [7, 11) is 0. The van der Waals surface area contributed by atoms with Crippen LogP contribution in [0.25, 0.3) is 6.08 Å². The van der Waals surface area contributed by atoms with Crippen molar-refractivity contribution in [1.82, 2.24) is 0 Å². The van der Waals surface area contributed by atoms with E-state index in [1.807, 2.05) is 0 Å². The second-order valence-electron chi connectivity index (χ2n) is 2.46. The molecule has 0 heterocycles. The van der Waals surface area contributed by atoms with Crippen LogP contribution in [0.2, 0.25) is 5.02 Å². The summed E-state index contributed by atoms with van der Waals surface area (Å²) in [5.41, 5.74) is 5.68. The molecule has 3 N–H and O–H groups in total. The van der Waals surface area contributed by atoms with Gasteiger partial charge in [-0.2, -0.15) is 0 Å². The van der Waals surface area contributed by atoms with Gasteiger partial charge >= 0.3 is 5.97 Å². The van der Waals surface area contributed by atoms with E-state index < -0.39 is 5.97 Å². The highest BCUT2D eigenvalue weighted by Crippen LogP contribution is 2.12. The largest absolute Gasteiger partial charge is 0.477 e. The number of hydrogen-bond donors (Lipinski definition) is 2. The molecule has 0 unspecified atom stereocenters. The van der Waals surface area contributed by atoms with Crippen LogP contribution in [0.3, 0.4) is 0 Å². The highest BCUT2D eigenvalue weighted by Gasteiger charge is 2.00. The Labute approximate surface area is 80.4 Å². The van der Waals surface area contributed by atoms with Gasteiger partial charge in [-0.3, -0.25) is 0 Å². The Kier molecular flexibility index (Phi) is 2.93. The first kappa shape index (κ1) is 9.61. The molecule has 0 bridgehead atoms. The molecule has 1 aromatic rings. The number of halogens is 1. The van der Waals surface area contributed by atoms with Gasteiger partial charge in [0.25, 0.3) is 0 Å². The van der Waals surface area contributed by atoms with Crippen LogP contribution in [-0.4, -0.2) is 11.1 Å². The molecule has 0 radical (unpaired) electrons. The Morgan fingerprint density at radius 3 is 2.77 bits per heavy atom. The summed E-state index contributed by atoms with van der Waals surface area (Å²) in [6.07, 6.45) is 1.36. The molecule has 1 rings (SSSR count). The summed E-state index contributed by atoms with van der Waals surface area (Å²) < 4.78 is 0. The van der Waals surface area contributed by atoms with Gasteiger partial charge in [-0.15, -0.1) is 0 Å². The van der Waals surface area contributed by atoms with Gasteiger partial charge in [-0.25, -0.2) is 4.79 Å². The zero-order valence-electron chi connectivity index (χ0n) is 6.70. The molecule has 0 aliphatic heterocycles. The van der Waals surface area contributed by atoms with Crippen molar-refractivity contribution in [1.29, 1.82) is 0 Å². The minimum atomic E-state index is -1.14. The number of aliphatic carboxylic acids is 1. The van der Waals surface area contributed by atoms with E-state index in [4.69, 9.17) is 22.4 Å². The Hall–Kier alpha value is -1.48. The topological polar surface area (TPSA) is 63.3 Å². The monoisotopic (exact) mass is 197 g/mol. The minimum Gasteiger partial charge on any atom is -0.477 e. The van der Waals surface area contributed by atoms with E-state index in [2.05, 4.69) is 0 Å². The summed E-state index contributed by atoms with van der Waals surface area (Å²) >= 11 is 5.69. The SMILES string of the molecule is N/C(=C/c1cccc(Cl)c1)C(=O)O. The lowest BCUT2D eigenvalue weighted by molar-refractivity contribution is -0.132. The third-order valence-electron chi connectivity index (χ3n) is 1.42. The molecule has 0 spiro atoms. The van der Waals surface area contributed by atoms with Crippen molar-refractivity contribution >= 4 is 23.6 Å². The molecule has 0 aliphatic carbocycles. The number of hydrogen-bond acceptors (Lipinski definition) is 2. The van der Waals surface area contributed by atoms with Crippen LogP contribution in [0.5, 0.6) is 0 Å². The maximum absolute atomic E-state index is 10.4. The fraction of sp³-hybridized carbons (Fsp3) is 0. The highest BCUT2D eigenvalue weighted by molar-refractivity contribution is 6.30. The van der Waals surface area contributed by atoms with E-state index in [9.17, 15) is 4.79 Å². The van der Waals surface area contributed by atoms with E-state index in [0.29, 0.717) is 10.6 Å². The molecule has 0 aliphatic rings. The van der Waals surface area contributed by atoms with Crippen molar-refractivity contribution < 1.29 is 9.90 Å². The fourth-order valence-electron chi connectivity index (χ4n) is 0.838. The first-order chi connectivity index (χ1) is 6.09. The van der Waals surface area contributed by atoms with E-state index in [1.54, 1.807) is 24.3 Å². The first-order valence-corrected chi connectivity index (χ1v) is 3.93. The van der Waals surface area contributed by atoms with Crippen molar-refractivity contribution in [2.24, 2.45) is 5.73 Å². The smallest absolute Gasteiger partial charge is 0.351 e. The molecule has 4 heteroatoms. The van der Waals surface area contributed by atoms with Crippen LogP contribution in [0.1, 0.15) is 5.56 Å². The van der Waals surface area contributed by atoms with Crippen molar-refractivity contribution in [3.05, 3.63) is 40.5 Å². The average molecular weight is 198 g/mol. The third kappa shape index (κ3) is 2.80. The van der Waals surface area contributed by atoms with Gasteiger partial charge in [-0.1, -0.05) is 23.7 Å². The van der Waals surface area contributed by atoms with Gasteiger partial charge in [0, 0.05) is 5.02 Å². The number of nitrogens with two attached hydrogens (primary N) is 1. The van der Waals surface area contributed by atoms with E-state index in [0.717, 1.165) is 0 Å². The average Bonchev–Trinajstić information content (AvgIpc) is 2.04. The summed E-state index contributed by atoms with van der Waals surface area (Å²) in [4.78, 5) is 10.4. The van der Waals surface area contributed by atoms with Crippen molar-refractivity contribution in [2.75, 3.05) is 0 Å². The maximum atomic E-state index is 10.4. The standard InChI is InChI=1S/C9H8ClNO2/c10-7-3-1-2-6(4-7)5-8(11)9(12)13/h1-5H,11H2,(H,12,13)/b8-5+. The number of rotatable bonds is 2. The van der Waals surface area contributed by atoms with E-state index >= 15 is 0 Å². The molecule has 13 heavy (non-hydrogen) atoms.